The van der Waals surface area contributed by atoms with Gasteiger partial charge < -0.3 is 23.7 Å². The van der Waals surface area contributed by atoms with E-state index in [1.54, 1.807) is 37.3 Å². The Labute approximate surface area is 168 Å². The van der Waals surface area contributed by atoms with Crippen LogP contribution in [0.4, 0.5) is 5.69 Å². The predicted molar refractivity (Wildman–Crippen MR) is 99.6 cm³/mol. The SMILES string of the molecule is COC(=O)[C@@H]1O[C@@](C)(OC)[C@](C)(OC)O[C@@H]1C1=CC(=O)N(c2ccccc2)C1=O. The maximum atomic E-state index is 13.1. The van der Waals surface area contributed by atoms with Gasteiger partial charge in [-0.25, -0.2) is 9.69 Å². The van der Waals surface area contributed by atoms with Crippen molar-refractivity contribution in [3.05, 3.63) is 42.0 Å². The maximum absolute atomic E-state index is 13.1. The van der Waals surface area contributed by atoms with Crippen LogP contribution in [0.15, 0.2) is 42.0 Å². The van der Waals surface area contributed by atoms with Crippen LogP contribution in [0.2, 0.25) is 0 Å². The molecule has 0 aromatic heterocycles. The summed E-state index contributed by atoms with van der Waals surface area (Å²) >= 11 is 0. The third-order valence-electron chi connectivity index (χ3n) is 5.29. The van der Waals surface area contributed by atoms with Gasteiger partial charge in [-0.3, -0.25) is 9.59 Å². The smallest absolute Gasteiger partial charge is 0.338 e. The Morgan fingerprint density at radius 2 is 1.59 bits per heavy atom. The molecule has 9 nitrogen and oxygen atoms in total. The summed E-state index contributed by atoms with van der Waals surface area (Å²) in [5, 5.41) is 0. The van der Waals surface area contributed by atoms with Crippen molar-refractivity contribution in [2.45, 2.75) is 37.6 Å². The molecule has 2 amide bonds. The first-order valence-corrected chi connectivity index (χ1v) is 8.90. The minimum absolute atomic E-state index is 0.0457. The van der Waals surface area contributed by atoms with Crippen molar-refractivity contribution in [1.29, 1.82) is 0 Å². The summed E-state index contributed by atoms with van der Waals surface area (Å²) in [4.78, 5) is 39.1. The summed E-state index contributed by atoms with van der Waals surface area (Å²) < 4.78 is 27.5. The highest BCUT2D eigenvalue weighted by Crippen LogP contribution is 2.42. The molecule has 3 rings (SSSR count). The molecule has 2 aliphatic rings. The van der Waals surface area contributed by atoms with Crippen LogP contribution in [0.25, 0.3) is 0 Å². The number of amides is 2. The topological polar surface area (TPSA) is 101 Å². The fraction of sp³-hybridized carbons (Fsp3) is 0.450. The number of esters is 1. The predicted octanol–water partition coefficient (Wildman–Crippen LogP) is 1.17. The van der Waals surface area contributed by atoms with Crippen LogP contribution in [0, 0.1) is 0 Å². The van der Waals surface area contributed by atoms with Crippen LogP contribution in [-0.2, 0) is 38.1 Å². The molecule has 2 aliphatic heterocycles. The molecule has 0 spiro atoms. The van der Waals surface area contributed by atoms with Gasteiger partial charge >= 0.3 is 5.97 Å². The molecule has 0 saturated carbocycles. The molecule has 1 aromatic rings. The normalized spacial score (nSPS) is 32.3. The Morgan fingerprint density at radius 3 is 2.14 bits per heavy atom. The number of benzene rings is 1. The van der Waals surface area contributed by atoms with Crippen LogP contribution < -0.4 is 4.90 Å². The lowest BCUT2D eigenvalue weighted by molar-refractivity contribution is -0.438. The Hall–Kier alpha value is -2.59. The van der Waals surface area contributed by atoms with Gasteiger partial charge in [-0.05, 0) is 26.0 Å². The lowest BCUT2D eigenvalue weighted by Gasteiger charge is -2.51. The zero-order valence-corrected chi connectivity index (χ0v) is 16.8. The molecule has 29 heavy (non-hydrogen) atoms. The number of hydrogen-bond donors (Lipinski definition) is 0. The monoisotopic (exact) mass is 405 g/mol. The van der Waals surface area contributed by atoms with Gasteiger partial charge in [0, 0.05) is 20.3 Å². The van der Waals surface area contributed by atoms with E-state index < -0.39 is 41.6 Å². The van der Waals surface area contributed by atoms with E-state index in [9.17, 15) is 14.4 Å². The summed E-state index contributed by atoms with van der Waals surface area (Å²) in [5.41, 5.74) is 0.354. The van der Waals surface area contributed by atoms with Crippen LogP contribution in [0.3, 0.4) is 0 Å². The largest absolute Gasteiger partial charge is 0.467 e. The third-order valence-corrected chi connectivity index (χ3v) is 5.29. The van der Waals surface area contributed by atoms with Gasteiger partial charge in [0.05, 0.1) is 18.4 Å². The first-order valence-electron chi connectivity index (χ1n) is 8.90. The van der Waals surface area contributed by atoms with Crippen molar-refractivity contribution in [1.82, 2.24) is 0 Å². The zero-order valence-electron chi connectivity index (χ0n) is 16.8. The molecular weight excluding hydrogens is 382 g/mol. The molecule has 0 N–H and O–H groups in total. The minimum Gasteiger partial charge on any atom is -0.467 e. The van der Waals surface area contributed by atoms with Gasteiger partial charge in [0.25, 0.3) is 11.8 Å². The lowest BCUT2D eigenvalue weighted by Crippen LogP contribution is -2.67. The second-order valence-corrected chi connectivity index (χ2v) is 6.81. The number of nitrogens with zero attached hydrogens (tertiary/aromatic N) is 1. The van der Waals surface area contributed by atoms with Crippen molar-refractivity contribution < 1.29 is 38.1 Å². The Kier molecular flexibility index (Phi) is 5.59. The van der Waals surface area contributed by atoms with Crippen molar-refractivity contribution in [3.63, 3.8) is 0 Å². The molecule has 1 aromatic carbocycles. The number of carbonyl (C=O) groups excluding carboxylic acids is 3. The van der Waals surface area contributed by atoms with E-state index in [0.29, 0.717) is 5.69 Å². The van der Waals surface area contributed by atoms with Crippen LogP contribution in [-0.4, -0.2) is 62.9 Å². The summed E-state index contributed by atoms with van der Waals surface area (Å²) in [6.45, 7) is 3.09. The van der Waals surface area contributed by atoms with E-state index in [1.807, 2.05) is 0 Å². The van der Waals surface area contributed by atoms with Gasteiger partial charge in [-0.1, -0.05) is 18.2 Å². The second kappa shape index (κ2) is 7.68. The number of ether oxygens (including phenoxy) is 5. The van der Waals surface area contributed by atoms with Crippen LogP contribution >= 0.6 is 0 Å². The molecule has 0 bridgehead atoms. The van der Waals surface area contributed by atoms with Crippen molar-refractivity contribution in [3.8, 4) is 0 Å². The van der Waals surface area contributed by atoms with E-state index in [-0.39, 0.29) is 5.57 Å². The molecular formula is C20H23NO8. The quantitative estimate of drug-likeness (QED) is 0.532. The Balaban J connectivity index is 2.01. The average molecular weight is 405 g/mol. The molecule has 9 heteroatoms. The molecule has 0 aliphatic carbocycles. The number of hydrogen-bond acceptors (Lipinski definition) is 8. The molecule has 156 valence electrons. The highest BCUT2D eigenvalue weighted by Gasteiger charge is 2.60. The van der Waals surface area contributed by atoms with Crippen molar-refractivity contribution in [2.75, 3.05) is 26.2 Å². The highest BCUT2D eigenvalue weighted by molar-refractivity contribution is 6.31. The molecule has 1 saturated heterocycles. The summed E-state index contributed by atoms with van der Waals surface area (Å²) in [6.07, 6.45) is -1.47. The number of rotatable bonds is 5. The van der Waals surface area contributed by atoms with Gasteiger partial charge in [-0.15, -0.1) is 0 Å². The fourth-order valence-corrected chi connectivity index (χ4v) is 3.32. The number of carbonyl (C=O) groups is 3. The summed E-state index contributed by atoms with van der Waals surface area (Å²) in [7, 11) is 3.93. The van der Waals surface area contributed by atoms with Gasteiger partial charge in [-0.2, -0.15) is 0 Å². The number of para-hydroxylation sites is 1. The molecule has 1 fully saturated rings. The first kappa shape index (κ1) is 21.1. The number of methoxy groups -OCH3 is 3. The van der Waals surface area contributed by atoms with Gasteiger partial charge in [0.2, 0.25) is 11.6 Å². The van der Waals surface area contributed by atoms with Gasteiger partial charge in [0.15, 0.2) is 6.10 Å². The lowest BCUT2D eigenvalue weighted by atomic mass is 9.98. The molecule has 0 radical (unpaired) electrons. The maximum Gasteiger partial charge on any atom is 0.338 e. The van der Waals surface area contributed by atoms with Crippen LogP contribution in [0.1, 0.15) is 13.8 Å². The zero-order chi connectivity index (χ0) is 21.4. The third kappa shape index (κ3) is 3.36. The summed E-state index contributed by atoms with van der Waals surface area (Å²) in [6, 6.07) is 8.44. The average Bonchev–Trinajstić information content (AvgIpc) is 3.03. The van der Waals surface area contributed by atoms with E-state index in [2.05, 4.69) is 0 Å². The van der Waals surface area contributed by atoms with Crippen molar-refractivity contribution in [2.24, 2.45) is 0 Å². The first-order chi connectivity index (χ1) is 13.7. The van der Waals surface area contributed by atoms with E-state index >= 15 is 0 Å². The molecule has 4 atom stereocenters. The highest BCUT2D eigenvalue weighted by atomic mass is 16.8. The second-order valence-electron chi connectivity index (χ2n) is 6.81. The molecule has 0 unspecified atom stereocenters. The van der Waals surface area contributed by atoms with Crippen molar-refractivity contribution >= 4 is 23.5 Å². The standard InChI is InChI=1S/C20H23NO8/c1-19(26-4)20(2,27-5)29-16(18(24)25-3)15(28-19)13-11-14(22)21(17(13)23)12-9-7-6-8-10-12/h6-11,15-16H,1-5H3/t15-,16-,19-,20-/m1/s1. The van der Waals surface area contributed by atoms with Crippen LogP contribution in [0.5, 0.6) is 0 Å². The molecule has 2 heterocycles. The van der Waals surface area contributed by atoms with E-state index in [1.165, 1.54) is 28.3 Å². The van der Waals surface area contributed by atoms with E-state index in [0.717, 1.165) is 11.0 Å². The van der Waals surface area contributed by atoms with Gasteiger partial charge in [0.1, 0.15) is 6.10 Å². The summed E-state index contributed by atoms with van der Waals surface area (Å²) in [5.74, 6) is -4.93. The number of anilines is 1. The Morgan fingerprint density at radius 1 is 1.00 bits per heavy atom. The minimum atomic E-state index is -1.48. The number of imide groups is 1. The Bertz CT molecular complexity index is 853. The van der Waals surface area contributed by atoms with E-state index in [4.69, 9.17) is 23.7 Å². The fourth-order valence-electron chi connectivity index (χ4n) is 3.32.